The summed E-state index contributed by atoms with van der Waals surface area (Å²) in [6.07, 6.45) is 2.70. The SMILES string of the molecule is O=C(NCc1ccccc1)N1CCCCC1c1noc(COc2ccc(F)cc2)n1. The minimum absolute atomic E-state index is 0.0750. The van der Waals surface area contributed by atoms with Crippen molar-refractivity contribution < 1.29 is 18.4 Å². The van der Waals surface area contributed by atoms with Crippen LogP contribution in [0, 0.1) is 5.82 Å². The lowest BCUT2D eigenvalue weighted by atomic mass is 10.0. The second-order valence-corrected chi connectivity index (χ2v) is 7.14. The quantitative estimate of drug-likeness (QED) is 0.658. The maximum atomic E-state index is 13.0. The second-order valence-electron chi connectivity index (χ2n) is 7.14. The van der Waals surface area contributed by atoms with Gasteiger partial charge in [0.25, 0.3) is 5.89 Å². The number of aromatic nitrogens is 2. The molecule has 0 radical (unpaired) electrons. The van der Waals surface area contributed by atoms with Gasteiger partial charge < -0.3 is 19.5 Å². The van der Waals surface area contributed by atoms with Crippen LogP contribution in [-0.4, -0.2) is 27.6 Å². The molecule has 1 N–H and O–H groups in total. The number of piperidine rings is 1. The van der Waals surface area contributed by atoms with E-state index in [-0.39, 0.29) is 24.5 Å². The monoisotopic (exact) mass is 410 g/mol. The van der Waals surface area contributed by atoms with Crippen molar-refractivity contribution in [1.29, 1.82) is 0 Å². The third-order valence-electron chi connectivity index (χ3n) is 5.01. The van der Waals surface area contributed by atoms with E-state index in [0.717, 1.165) is 24.8 Å². The second kappa shape index (κ2) is 9.39. The molecule has 0 spiro atoms. The number of hydrogen-bond acceptors (Lipinski definition) is 5. The van der Waals surface area contributed by atoms with Gasteiger partial charge in [0.2, 0.25) is 0 Å². The maximum Gasteiger partial charge on any atom is 0.318 e. The van der Waals surface area contributed by atoms with Crippen LogP contribution in [0.2, 0.25) is 0 Å². The third kappa shape index (κ3) is 4.94. The lowest BCUT2D eigenvalue weighted by Gasteiger charge is -2.33. The van der Waals surface area contributed by atoms with Crippen LogP contribution < -0.4 is 10.1 Å². The van der Waals surface area contributed by atoms with E-state index >= 15 is 0 Å². The van der Waals surface area contributed by atoms with Crippen molar-refractivity contribution >= 4 is 6.03 Å². The number of nitrogens with one attached hydrogen (secondary N) is 1. The lowest BCUT2D eigenvalue weighted by molar-refractivity contribution is 0.145. The van der Waals surface area contributed by atoms with Crippen molar-refractivity contribution in [2.24, 2.45) is 0 Å². The fourth-order valence-electron chi connectivity index (χ4n) is 3.46. The number of nitrogens with zero attached hydrogens (tertiary/aromatic N) is 3. The largest absolute Gasteiger partial charge is 0.484 e. The standard InChI is InChI=1S/C22H23FN4O3/c23-17-9-11-18(12-10-17)29-15-20-25-21(26-30-20)19-8-4-5-13-27(19)22(28)24-14-16-6-2-1-3-7-16/h1-3,6-7,9-12,19H,4-5,8,13-15H2,(H,24,28). The maximum absolute atomic E-state index is 13.0. The molecule has 156 valence electrons. The van der Waals surface area contributed by atoms with Crippen LogP contribution in [0.5, 0.6) is 5.75 Å². The Morgan fingerprint density at radius 3 is 2.77 bits per heavy atom. The highest BCUT2D eigenvalue weighted by Crippen LogP contribution is 2.29. The topological polar surface area (TPSA) is 80.5 Å². The molecule has 1 unspecified atom stereocenters. The van der Waals surface area contributed by atoms with E-state index in [2.05, 4.69) is 15.5 Å². The van der Waals surface area contributed by atoms with E-state index in [4.69, 9.17) is 9.26 Å². The van der Waals surface area contributed by atoms with Crippen LogP contribution in [0.3, 0.4) is 0 Å². The Hall–Kier alpha value is -3.42. The molecule has 1 atom stereocenters. The minimum atomic E-state index is -0.328. The zero-order valence-corrected chi connectivity index (χ0v) is 16.5. The van der Waals surface area contributed by atoms with Gasteiger partial charge in [-0.25, -0.2) is 9.18 Å². The predicted molar refractivity (Wildman–Crippen MR) is 107 cm³/mol. The Morgan fingerprint density at radius 2 is 1.97 bits per heavy atom. The number of urea groups is 1. The van der Waals surface area contributed by atoms with E-state index in [1.807, 2.05) is 30.3 Å². The molecule has 1 fully saturated rings. The predicted octanol–water partition coefficient (Wildman–Crippen LogP) is 4.22. The van der Waals surface area contributed by atoms with Gasteiger partial charge in [-0.2, -0.15) is 4.98 Å². The van der Waals surface area contributed by atoms with Crippen LogP contribution >= 0.6 is 0 Å². The Morgan fingerprint density at radius 1 is 1.17 bits per heavy atom. The van der Waals surface area contributed by atoms with Gasteiger partial charge in [0, 0.05) is 13.1 Å². The fourth-order valence-corrected chi connectivity index (χ4v) is 3.46. The Bertz CT molecular complexity index is 962. The van der Waals surface area contributed by atoms with Gasteiger partial charge in [0.15, 0.2) is 12.4 Å². The lowest BCUT2D eigenvalue weighted by Crippen LogP contribution is -2.44. The first-order chi connectivity index (χ1) is 14.7. The number of halogens is 1. The molecular weight excluding hydrogens is 387 g/mol. The molecule has 3 aromatic rings. The molecule has 0 aliphatic carbocycles. The summed E-state index contributed by atoms with van der Waals surface area (Å²) in [6, 6.07) is 15.1. The average molecular weight is 410 g/mol. The van der Waals surface area contributed by atoms with Crippen LogP contribution in [0.15, 0.2) is 59.1 Å². The molecule has 0 saturated carbocycles. The van der Waals surface area contributed by atoms with E-state index in [1.165, 1.54) is 24.3 Å². The van der Waals surface area contributed by atoms with Gasteiger partial charge in [-0.1, -0.05) is 35.5 Å². The summed E-state index contributed by atoms with van der Waals surface area (Å²) < 4.78 is 23.8. The van der Waals surface area contributed by atoms with Crippen LogP contribution in [0.4, 0.5) is 9.18 Å². The van der Waals surface area contributed by atoms with Gasteiger partial charge in [-0.3, -0.25) is 0 Å². The number of carbonyl (C=O) groups is 1. The highest BCUT2D eigenvalue weighted by atomic mass is 19.1. The smallest absolute Gasteiger partial charge is 0.318 e. The molecule has 1 aliphatic heterocycles. The molecule has 0 bridgehead atoms. The number of likely N-dealkylation sites (tertiary alicyclic amines) is 1. The molecule has 1 aromatic heterocycles. The number of benzene rings is 2. The van der Waals surface area contributed by atoms with Crippen molar-refractivity contribution in [1.82, 2.24) is 20.4 Å². The van der Waals surface area contributed by atoms with E-state index < -0.39 is 0 Å². The molecule has 1 aliphatic rings. The number of amides is 2. The molecule has 4 rings (SSSR count). The normalized spacial score (nSPS) is 16.3. The van der Waals surface area contributed by atoms with E-state index in [9.17, 15) is 9.18 Å². The van der Waals surface area contributed by atoms with Gasteiger partial charge in [0.1, 0.15) is 11.6 Å². The molecule has 1 saturated heterocycles. The summed E-state index contributed by atoms with van der Waals surface area (Å²) in [7, 11) is 0. The van der Waals surface area contributed by atoms with E-state index in [0.29, 0.717) is 30.6 Å². The van der Waals surface area contributed by atoms with E-state index in [1.54, 1.807) is 4.90 Å². The molecule has 30 heavy (non-hydrogen) atoms. The summed E-state index contributed by atoms with van der Waals surface area (Å²) in [6.45, 7) is 1.18. The number of rotatable bonds is 6. The first-order valence-corrected chi connectivity index (χ1v) is 9.98. The summed E-state index contributed by atoms with van der Waals surface area (Å²) in [5, 5.41) is 7.04. The van der Waals surface area contributed by atoms with Crippen molar-refractivity contribution in [2.45, 2.75) is 38.5 Å². The average Bonchev–Trinajstić information content (AvgIpc) is 3.27. The minimum Gasteiger partial charge on any atom is -0.484 e. The molecule has 7 nitrogen and oxygen atoms in total. The zero-order chi connectivity index (χ0) is 20.8. The highest BCUT2D eigenvalue weighted by molar-refractivity contribution is 5.74. The summed E-state index contributed by atoms with van der Waals surface area (Å²) in [5.41, 5.74) is 1.04. The fraction of sp³-hybridized carbons (Fsp3) is 0.318. The summed E-state index contributed by atoms with van der Waals surface area (Å²) in [5.74, 6) is 0.966. The first kappa shape index (κ1) is 19.9. The van der Waals surface area contributed by atoms with Gasteiger partial charge >= 0.3 is 6.03 Å². The van der Waals surface area contributed by atoms with Crippen molar-refractivity contribution in [3.05, 3.63) is 77.7 Å². The van der Waals surface area contributed by atoms with Gasteiger partial charge in [-0.15, -0.1) is 0 Å². The molecular formula is C22H23FN4O3. The van der Waals surface area contributed by atoms with Crippen LogP contribution in [-0.2, 0) is 13.2 Å². The molecule has 2 aromatic carbocycles. The Labute approximate surface area is 173 Å². The Kier molecular flexibility index (Phi) is 6.22. The number of carbonyl (C=O) groups excluding carboxylic acids is 1. The third-order valence-corrected chi connectivity index (χ3v) is 5.01. The number of hydrogen-bond donors (Lipinski definition) is 1. The highest BCUT2D eigenvalue weighted by Gasteiger charge is 2.31. The molecule has 2 amide bonds. The van der Waals surface area contributed by atoms with Crippen LogP contribution in [0.1, 0.15) is 42.6 Å². The molecule has 8 heteroatoms. The van der Waals surface area contributed by atoms with Gasteiger partial charge in [0.05, 0.1) is 6.04 Å². The van der Waals surface area contributed by atoms with Crippen molar-refractivity contribution in [2.75, 3.05) is 6.54 Å². The Balaban J connectivity index is 1.37. The van der Waals surface area contributed by atoms with Crippen LogP contribution in [0.25, 0.3) is 0 Å². The number of ether oxygens (including phenoxy) is 1. The molecule has 2 heterocycles. The zero-order valence-electron chi connectivity index (χ0n) is 16.5. The van der Waals surface area contributed by atoms with Gasteiger partial charge in [-0.05, 0) is 49.1 Å². The van der Waals surface area contributed by atoms with Crippen molar-refractivity contribution in [3.8, 4) is 5.75 Å². The summed E-state index contributed by atoms with van der Waals surface area (Å²) >= 11 is 0. The first-order valence-electron chi connectivity index (χ1n) is 9.98. The van der Waals surface area contributed by atoms with Crippen molar-refractivity contribution in [3.63, 3.8) is 0 Å². The summed E-state index contributed by atoms with van der Waals surface area (Å²) in [4.78, 5) is 19.0.